The van der Waals surface area contributed by atoms with Crippen LogP contribution in [0.2, 0.25) is 0 Å². The minimum Gasteiger partial charge on any atom is -0.486 e. The number of amides is 1. The van der Waals surface area contributed by atoms with E-state index in [1.165, 1.54) is 5.56 Å². The molecule has 37 heavy (non-hydrogen) atoms. The van der Waals surface area contributed by atoms with E-state index in [0.717, 1.165) is 16.8 Å². The van der Waals surface area contributed by atoms with Gasteiger partial charge in [0.15, 0.2) is 23.0 Å². The molecular weight excluding hydrogens is 466 g/mol. The summed E-state index contributed by atoms with van der Waals surface area (Å²) in [5.74, 6) is 1.69. The maximum atomic E-state index is 13.5. The van der Waals surface area contributed by atoms with Gasteiger partial charge in [0.25, 0.3) is 5.91 Å². The van der Waals surface area contributed by atoms with Crippen molar-refractivity contribution in [2.24, 2.45) is 0 Å². The average Bonchev–Trinajstić information content (AvgIpc) is 3.34. The van der Waals surface area contributed by atoms with E-state index in [9.17, 15) is 4.79 Å². The van der Waals surface area contributed by atoms with E-state index in [1.54, 1.807) is 18.2 Å². The number of fused-ring (bicyclic) bond motifs is 1. The van der Waals surface area contributed by atoms with E-state index in [-0.39, 0.29) is 17.0 Å². The topological polar surface area (TPSA) is 76.8 Å². The Kier molecular flexibility index (Phi) is 6.38. The Balaban J connectivity index is 1.51. The third kappa shape index (κ3) is 5.16. The van der Waals surface area contributed by atoms with E-state index in [1.807, 2.05) is 55.4 Å². The number of hydrogen-bond acceptors (Lipinski definition) is 6. The van der Waals surface area contributed by atoms with Crippen LogP contribution in [0.4, 0.5) is 11.4 Å². The minimum atomic E-state index is -0.371. The molecule has 7 heteroatoms. The summed E-state index contributed by atoms with van der Waals surface area (Å²) in [4.78, 5) is 20.1. The number of anilines is 2. The minimum absolute atomic E-state index is 0.0309. The third-order valence-corrected chi connectivity index (χ3v) is 6.29. The largest absolute Gasteiger partial charge is 0.486 e. The van der Waals surface area contributed by atoms with Crippen LogP contribution in [0.25, 0.3) is 22.8 Å². The highest BCUT2D eigenvalue weighted by atomic mass is 16.6. The van der Waals surface area contributed by atoms with Gasteiger partial charge in [-0.15, -0.1) is 0 Å². The predicted octanol–water partition coefficient (Wildman–Crippen LogP) is 6.40. The monoisotopic (exact) mass is 497 g/mol. The van der Waals surface area contributed by atoms with Gasteiger partial charge < -0.3 is 24.1 Å². The van der Waals surface area contributed by atoms with Crippen molar-refractivity contribution < 1.29 is 18.7 Å². The van der Waals surface area contributed by atoms with Crippen LogP contribution in [0.15, 0.2) is 71.1 Å². The van der Waals surface area contributed by atoms with Crippen molar-refractivity contribution in [1.82, 2.24) is 4.98 Å². The van der Waals surface area contributed by atoms with E-state index in [4.69, 9.17) is 13.9 Å². The first-order chi connectivity index (χ1) is 17.7. The summed E-state index contributed by atoms with van der Waals surface area (Å²) in [6.07, 6.45) is 0. The summed E-state index contributed by atoms with van der Waals surface area (Å²) >= 11 is 0. The second kappa shape index (κ2) is 9.65. The molecule has 0 atom stereocenters. The van der Waals surface area contributed by atoms with Crippen molar-refractivity contribution >= 4 is 17.3 Å². The van der Waals surface area contributed by atoms with Crippen molar-refractivity contribution in [2.75, 3.05) is 37.5 Å². The van der Waals surface area contributed by atoms with E-state index in [0.29, 0.717) is 42.1 Å². The Hall–Kier alpha value is -4.26. The second-order valence-electron chi connectivity index (χ2n) is 10.3. The number of nitrogens with one attached hydrogen (secondary N) is 1. The van der Waals surface area contributed by atoms with Crippen LogP contribution in [-0.2, 0) is 5.41 Å². The molecule has 1 amide bonds. The Morgan fingerprint density at radius 1 is 0.865 bits per heavy atom. The summed E-state index contributed by atoms with van der Waals surface area (Å²) in [5, 5.41) is 2.94. The number of carbonyl (C=O) groups excluding carboxylic acids is 1. The normalized spacial score (nSPS) is 12.8. The zero-order valence-electron chi connectivity index (χ0n) is 21.8. The molecular formula is C30H31N3O4. The number of nitrogens with zero attached hydrogens (tertiary/aromatic N) is 2. The molecule has 1 aliphatic rings. The molecule has 0 fully saturated rings. The molecule has 0 saturated heterocycles. The lowest BCUT2D eigenvalue weighted by molar-refractivity contribution is 0.102. The molecule has 5 rings (SSSR count). The maximum absolute atomic E-state index is 13.5. The molecule has 7 nitrogen and oxygen atoms in total. The number of hydrogen-bond donors (Lipinski definition) is 1. The van der Waals surface area contributed by atoms with Gasteiger partial charge >= 0.3 is 0 Å². The molecule has 2 heterocycles. The summed E-state index contributed by atoms with van der Waals surface area (Å²) in [7, 11) is 3.96. The molecule has 0 bridgehead atoms. The molecule has 0 unspecified atom stereocenters. The summed E-state index contributed by atoms with van der Waals surface area (Å²) in [5.41, 5.74) is 4.65. The van der Waals surface area contributed by atoms with E-state index >= 15 is 0 Å². The molecule has 190 valence electrons. The maximum Gasteiger partial charge on any atom is 0.278 e. The van der Waals surface area contributed by atoms with Crippen LogP contribution in [0.3, 0.4) is 0 Å². The van der Waals surface area contributed by atoms with Crippen LogP contribution in [-0.4, -0.2) is 38.2 Å². The highest BCUT2D eigenvalue weighted by Gasteiger charge is 2.24. The number of aromatic nitrogens is 1. The fraction of sp³-hybridized carbons (Fsp3) is 0.267. The van der Waals surface area contributed by atoms with Gasteiger partial charge in [0.05, 0.1) is 0 Å². The summed E-state index contributed by atoms with van der Waals surface area (Å²) in [6, 6.07) is 21.3. The van der Waals surface area contributed by atoms with Crippen LogP contribution < -0.4 is 19.7 Å². The lowest BCUT2D eigenvalue weighted by Crippen LogP contribution is -2.17. The van der Waals surface area contributed by atoms with E-state index in [2.05, 4.69) is 43.2 Å². The Morgan fingerprint density at radius 2 is 1.51 bits per heavy atom. The number of oxazole rings is 1. The van der Waals surface area contributed by atoms with Gasteiger partial charge in [-0.25, -0.2) is 4.98 Å². The fourth-order valence-electron chi connectivity index (χ4n) is 4.13. The van der Waals surface area contributed by atoms with Gasteiger partial charge in [-0.3, -0.25) is 4.79 Å². The zero-order valence-corrected chi connectivity index (χ0v) is 21.8. The smallest absolute Gasteiger partial charge is 0.278 e. The standard InChI is InChI=1S/C30H31N3O4/c1-30(2,3)21-10-6-20(7-11-21)29-32-26(27(37-29)19-8-13-23(14-9-19)33(4)5)28(34)31-22-12-15-24-25(18-22)36-17-16-35-24/h6-15,18H,16-17H2,1-5H3,(H,31,34). The molecule has 3 aromatic carbocycles. The average molecular weight is 498 g/mol. The van der Waals surface area contributed by atoms with Crippen molar-refractivity contribution in [3.63, 3.8) is 0 Å². The first-order valence-corrected chi connectivity index (χ1v) is 12.3. The zero-order chi connectivity index (χ0) is 26.2. The summed E-state index contributed by atoms with van der Waals surface area (Å²) in [6.45, 7) is 7.49. The van der Waals surface area contributed by atoms with E-state index < -0.39 is 0 Å². The number of benzene rings is 3. The van der Waals surface area contributed by atoms with Crippen molar-refractivity contribution in [1.29, 1.82) is 0 Å². The lowest BCUT2D eigenvalue weighted by Gasteiger charge is -2.18. The Bertz CT molecular complexity index is 1410. The van der Waals surface area contributed by atoms with Gasteiger partial charge in [-0.1, -0.05) is 32.9 Å². The first kappa shape index (κ1) is 24.4. The van der Waals surface area contributed by atoms with Gasteiger partial charge in [-0.2, -0.15) is 0 Å². The third-order valence-electron chi connectivity index (χ3n) is 6.29. The highest BCUT2D eigenvalue weighted by Crippen LogP contribution is 2.35. The molecule has 1 N–H and O–H groups in total. The van der Waals surface area contributed by atoms with Crippen LogP contribution in [0, 0.1) is 0 Å². The number of carbonyl (C=O) groups is 1. The van der Waals surface area contributed by atoms with Gasteiger partial charge in [-0.05, 0) is 59.5 Å². The fourth-order valence-corrected chi connectivity index (χ4v) is 4.13. The van der Waals surface area contributed by atoms with Gasteiger partial charge in [0.2, 0.25) is 5.89 Å². The molecule has 1 aliphatic heterocycles. The SMILES string of the molecule is CN(C)c1ccc(-c2oc(-c3ccc(C(C)(C)C)cc3)nc2C(=O)Nc2ccc3c(c2)OCCO3)cc1. The van der Waals surface area contributed by atoms with Gasteiger partial charge in [0, 0.05) is 42.7 Å². The van der Waals surface area contributed by atoms with Crippen LogP contribution in [0.1, 0.15) is 36.8 Å². The number of ether oxygens (including phenoxy) is 2. The molecule has 0 aliphatic carbocycles. The predicted molar refractivity (Wildman–Crippen MR) is 146 cm³/mol. The van der Waals surface area contributed by atoms with Crippen molar-refractivity contribution in [2.45, 2.75) is 26.2 Å². The Labute approximate surface area is 217 Å². The number of rotatable bonds is 5. The van der Waals surface area contributed by atoms with Crippen LogP contribution in [0.5, 0.6) is 11.5 Å². The quantitative estimate of drug-likeness (QED) is 0.344. The molecule has 4 aromatic rings. The lowest BCUT2D eigenvalue weighted by atomic mass is 9.87. The summed E-state index contributed by atoms with van der Waals surface area (Å²) < 4.78 is 17.5. The molecule has 0 saturated carbocycles. The second-order valence-corrected chi connectivity index (χ2v) is 10.3. The van der Waals surface area contributed by atoms with Crippen LogP contribution >= 0.6 is 0 Å². The molecule has 0 spiro atoms. The first-order valence-electron chi connectivity index (χ1n) is 12.3. The Morgan fingerprint density at radius 3 is 2.16 bits per heavy atom. The van der Waals surface area contributed by atoms with Crippen molar-refractivity contribution in [3.05, 3.63) is 78.0 Å². The van der Waals surface area contributed by atoms with Crippen molar-refractivity contribution in [3.8, 4) is 34.3 Å². The highest BCUT2D eigenvalue weighted by molar-refractivity contribution is 6.07. The molecule has 0 radical (unpaired) electrons. The van der Waals surface area contributed by atoms with Gasteiger partial charge in [0.1, 0.15) is 13.2 Å². The molecule has 1 aromatic heterocycles.